The number of carboxylic acids is 1. The molecule has 0 aliphatic heterocycles. The molecule has 0 aromatic heterocycles. The van der Waals surface area contributed by atoms with Crippen LogP contribution in [0.3, 0.4) is 0 Å². The first-order valence-electron chi connectivity index (χ1n) is 6.13. The van der Waals surface area contributed by atoms with Crippen molar-refractivity contribution >= 4 is 11.8 Å². The van der Waals surface area contributed by atoms with Gasteiger partial charge in [0.25, 0.3) is 0 Å². The van der Waals surface area contributed by atoms with Crippen molar-refractivity contribution in [3.05, 3.63) is 29.6 Å². The standard InChI is InChI=1S/C14H15FO4/c1-19-10-4-5-11(12(15)7-10)13(16)8-2-3-9(6-8)14(17)18/h4-5,7-9H,2-3,6H2,1H3,(H,17,18). The molecule has 2 atom stereocenters. The van der Waals surface area contributed by atoms with Gasteiger partial charge in [-0.05, 0) is 31.4 Å². The topological polar surface area (TPSA) is 63.6 Å². The summed E-state index contributed by atoms with van der Waals surface area (Å²) in [6.45, 7) is 0. The Kier molecular flexibility index (Phi) is 3.83. The number of aliphatic carboxylic acids is 1. The Bertz CT molecular complexity index is 512. The number of ether oxygens (including phenoxy) is 1. The molecule has 1 aliphatic carbocycles. The van der Waals surface area contributed by atoms with Gasteiger partial charge in [-0.15, -0.1) is 0 Å². The minimum atomic E-state index is -0.884. The highest BCUT2D eigenvalue weighted by atomic mass is 19.1. The van der Waals surface area contributed by atoms with E-state index in [4.69, 9.17) is 9.84 Å². The summed E-state index contributed by atoms with van der Waals surface area (Å²) >= 11 is 0. The van der Waals surface area contributed by atoms with Crippen molar-refractivity contribution in [1.82, 2.24) is 0 Å². The second-order valence-corrected chi connectivity index (χ2v) is 4.76. The molecule has 2 unspecified atom stereocenters. The molecule has 5 heteroatoms. The number of halogens is 1. The third-order valence-corrected chi connectivity index (χ3v) is 3.59. The van der Waals surface area contributed by atoms with Crippen molar-refractivity contribution in [2.45, 2.75) is 19.3 Å². The lowest BCUT2D eigenvalue weighted by atomic mass is 9.94. The van der Waals surface area contributed by atoms with E-state index in [1.807, 2.05) is 0 Å². The van der Waals surface area contributed by atoms with E-state index in [0.717, 1.165) is 6.07 Å². The number of methoxy groups -OCH3 is 1. The number of Topliss-reactive ketones (excluding diaryl/α,β-unsaturated/α-hetero) is 1. The van der Waals surface area contributed by atoms with Crippen molar-refractivity contribution in [2.75, 3.05) is 7.11 Å². The second kappa shape index (κ2) is 5.38. The Morgan fingerprint density at radius 2 is 2.00 bits per heavy atom. The van der Waals surface area contributed by atoms with Crippen molar-refractivity contribution in [1.29, 1.82) is 0 Å². The normalized spacial score (nSPS) is 22.2. The first-order chi connectivity index (χ1) is 9.02. The van der Waals surface area contributed by atoms with Gasteiger partial charge < -0.3 is 9.84 Å². The lowest BCUT2D eigenvalue weighted by molar-refractivity contribution is -0.141. The van der Waals surface area contributed by atoms with Crippen LogP contribution in [0.4, 0.5) is 4.39 Å². The zero-order valence-electron chi connectivity index (χ0n) is 10.6. The molecule has 2 rings (SSSR count). The summed E-state index contributed by atoms with van der Waals surface area (Å²) in [6.07, 6.45) is 1.27. The molecule has 102 valence electrons. The molecule has 1 N–H and O–H groups in total. The number of hydrogen-bond acceptors (Lipinski definition) is 3. The number of hydrogen-bond donors (Lipinski definition) is 1. The lowest BCUT2D eigenvalue weighted by Gasteiger charge is -2.10. The Balaban J connectivity index is 2.14. The number of carbonyl (C=O) groups is 2. The van der Waals surface area contributed by atoms with E-state index >= 15 is 0 Å². The van der Waals surface area contributed by atoms with Crippen LogP contribution in [0.25, 0.3) is 0 Å². The molecule has 1 aromatic carbocycles. The molecular formula is C14H15FO4. The van der Waals surface area contributed by atoms with Crippen molar-refractivity contribution < 1.29 is 23.8 Å². The van der Waals surface area contributed by atoms with Crippen LogP contribution in [0.1, 0.15) is 29.6 Å². The van der Waals surface area contributed by atoms with Gasteiger partial charge in [-0.2, -0.15) is 0 Å². The molecule has 1 aliphatic rings. The van der Waals surface area contributed by atoms with Crippen molar-refractivity contribution in [2.24, 2.45) is 11.8 Å². The van der Waals surface area contributed by atoms with Crippen molar-refractivity contribution in [3.63, 3.8) is 0 Å². The fourth-order valence-corrected chi connectivity index (χ4v) is 2.49. The van der Waals surface area contributed by atoms with Gasteiger partial charge >= 0.3 is 5.97 Å². The molecule has 0 heterocycles. The Labute approximate surface area is 110 Å². The molecule has 0 saturated heterocycles. The van der Waals surface area contributed by atoms with Crippen LogP contribution in [0.2, 0.25) is 0 Å². The van der Waals surface area contributed by atoms with Gasteiger partial charge in [0.05, 0.1) is 18.6 Å². The van der Waals surface area contributed by atoms with Crippen LogP contribution in [-0.4, -0.2) is 24.0 Å². The summed E-state index contributed by atoms with van der Waals surface area (Å²) in [5.41, 5.74) is 0.0110. The number of ketones is 1. The monoisotopic (exact) mass is 266 g/mol. The maximum Gasteiger partial charge on any atom is 0.306 e. The summed E-state index contributed by atoms with van der Waals surface area (Å²) in [4.78, 5) is 23.0. The Hall–Kier alpha value is -1.91. The number of rotatable bonds is 4. The van der Waals surface area contributed by atoms with Crippen LogP contribution < -0.4 is 4.74 Å². The highest BCUT2D eigenvalue weighted by molar-refractivity contribution is 5.98. The van der Waals surface area contributed by atoms with Crippen LogP contribution in [0.15, 0.2) is 18.2 Å². The summed E-state index contributed by atoms with van der Waals surface area (Å²) in [5.74, 6) is -2.36. The lowest BCUT2D eigenvalue weighted by Crippen LogP contribution is -2.15. The molecule has 0 bridgehead atoms. The van der Waals surface area contributed by atoms with Crippen LogP contribution in [0, 0.1) is 17.7 Å². The fraction of sp³-hybridized carbons (Fsp3) is 0.429. The van der Waals surface area contributed by atoms with E-state index in [2.05, 4.69) is 0 Å². The quantitative estimate of drug-likeness (QED) is 0.850. The first kappa shape index (κ1) is 13.5. The van der Waals surface area contributed by atoms with Crippen LogP contribution in [0.5, 0.6) is 5.75 Å². The largest absolute Gasteiger partial charge is 0.497 e. The van der Waals surface area contributed by atoms with E-state index in [0.29, 0.717) is 25.0 Å². The number of carboxylic acid groups (broad SMARTS) is 1. The molecule has 0 radical (unpaired) electrons. The minimum Gasteiger partial charge on any atom is -0.497 e. The molecule has 0 amide bonds. The third kappa shape index (κ3) is 2.75. The Morgan fingerprint density at radius 3 is 2.53 bits per heavy atom. The zero-order valence-corrected chi connectivity index (χ0v) is 10.6. The van der Waals surface area contributed by atoms with E-state index in [9.17, 15) is 14.0 Å². The summed E-state index contributed by atoms with van der Waals surface area (Å²) in [6, 6.07) is 4.08. The number of benzene rings is 1. The molecule has 0 spiro atoms. The summed E-state index contributed by atoms with van der Waals surface area (Å²) in [5, 5.41) is 8.90. The molecule has 4 nitrogen and oxygen atoms in total. The maximum atomic E-state index is 13.8. The van der Waals surface area contributed by atoms with Gasteiger partial charge in [0.1, 0.15) is 11.6 Å². The molecule has 1 aromatic rings. The second-order valence-electron chi connectivity index (χ2n) is 4.76. The third-order valence-electron chi connectivity index (χ3n) is 3.59. The van der Waals surface area contributed by atoms with Crippen LogP contribution >= 0.6 is 0 Å². The average Bonchev–Trinajstić information content (AvgIpc) is 2.87. The smallest absolute Gasteiger partial charge is 0.306 e. The first-order valence-corrected chi connectivity index (χ1v) is 6.13. The van der Waals surface area contributed by atoms with Gasteiger partial charge in [-0.1, -0.05) is 0 Å². The van der Waals surface area contributed by atoms with E-state index in [1.54, 1.807) is 0 Å². The average molecular weight is 266 g/mol. The highest BCUT2D eigenvalue weighted by Crippen LogP contribution is 2.34. The van der Waals surface area contributed by atoms with E-state index < -0.39 is 23.6 Å². The maximum absolute atomic E-state index is 13.8. The number of carbonyl (C=O) groups excluding carboxylic acids is 1. The van der Waals surface area contributed by atoms with Gasteiger partial charge in [0.2, 0.25) is 0 Å². The predicted molar refractivity (Wildman–Crippen MR) is 65.7 cm³/mol. The highest BCUT2D eigenvalue weighted by Gasteiger charge is 2.34. The molecule has 19 heavy (non-hydrogen) atoms. The molecule has 1 saturated carbocycles. The van der Waals surface area contributed by atoms with Crippen LogP contribution in [-0.2, 0) is 4.79 Å². The van der Waals surface area contributed by atoms with E-state index in [1.165, 1.54) is 19.2 Å². The molecule has 1 fully saturated rings. The van der Waals surface area contributed by atoms with E-state index in [-0.39, 0.29) is 11.3 Å². The van der Waals surface area contributed by atoms with Gasteiger partial charge in [-0.3, -0.25) is 9.59 Å². The fourth-order valence-electron chi connectivity index (χ4n) is 2.49. The zero-order chi connectivity index (χ0) is 14.0. The van der Waals surface area contributed by atoms with Gasteiger partial charge in [-0.25, -0.2) is 4.39 Å². The SMILES string of the molecule is COc1ccc(C(=O)C2CCC(C(=O)O)C2)c(F)c1. The van der Waals surface area contributed by atoms with Gasteiger partial charge in [0, 0.05) is 12.0 Å². The van der Waals surface area contributed by atoms with Gasteiger partial charge in [0.15, 0.2) is 5.78 Å². The van der Waals surface area contributed by atoms with Crippen molar-refractivity contribution in [3.8, 4) is 5.75 Å². The summed E-state index contributed by atoms with van der Waals surface area (Å²) in [7, 11) is 1.42. The summed E-state index contributed by atoms with van der Waals surface area (Å²) < 4.78 is 18.7. The minimum absolute atomic E-state index is 0.0110. The Morgan fingerprint density at radius 1 is 1.32 bits per heavy atom. The molecular weight excluding hydrogens is 251 g/mol. The predicted octanol–water partition coefficient (Wildman–Crippen LogP) is 2.52.